The number of carbonyl (C=O) groups excluding carboxylic acids is 1. The number of rotatable bonds is 2. The Morgan fingerprint density at radius 3 is 2.74 bits per heavy atom. The average molecular weight is 264 g/mol. The van der Waals surface area contributed by atoms with E-state index in [9.17, 15) is 4.79 Å². The van der Waals surface area contributed by atoms with E-state index in [-0.39, 0.29) is 11.7 Å². The number of furan rings is 1. The van der Waals surface area contributed by atoms with Crippen LogP contribution in [0.1, 0.15) is 40.3 Å². The molecule has 0 saturated heterocycles. The second-order valence-corrected chi connectivity index (χ2v) is 4.27. The predicted molar refractivity (Wildman–Crippen MR) is 70.1 cm³/mol. The Morgan fingerprint density at radius 2 is 2.11 bits per heavy atom. The van der Waals surface area contributed by atoms with Gasteiger partial charge in [-0.2, -0.15) is 5.10 Å². The first-order valence-corrected chi connectivity index (χ1v) is 5.91. The number of nitrogens with two attached hydrogens (primary N) is 2. The molecule has 7 heteroatoms. The Kier molecular flexibility index (Phi) is 3.55. The smallest absolute Gasteiger partial charge is 0.374 e. The zero-order chi connectivity index (χ0) is 14.0. The third-order valence-corrected chi connectivity index (χ3v) is 2.98. The molecule has 0 unspecified atom stereocenters. The van der Waals surface area contributed by atoms with Gasteiger partial charge >= 0.3 is 5.97 Å². The first-order chi connectivity index (χ1) is 9.04. The van der Waals surface area contributed by atoms with Crippen LogP contribution in [0.2, 0.25) is 0 Å². The van der Waals surface area contributed by atoms with Crippen molar-refractivity contribution in [3.63, 3.8) is 0 Å². The van der Waals surface area contributed by atoms with E-state index < -0.39 is 5.97 Å². The van der Waals surface area contributed by atoms with E-state index in [4.69, 9.17) is 15.9 Å². The normalized spacial score (nSPS) is 16.0. The molecule has 0 amide bonds. The summed E-state index contributed by atoms with van der Waals surface area (Å²) in [5.41, 5.74) is 12.8. The molecule has 0 aliphatic heterocycles. The first kappa shape index (κ1) is 13.1. The van der Waals surface area contributed by atoms with Gasteiger partial charge in [-0.3, -0.25) is 0 Å². The zero-order valence-corrected chi connectivity index (χ0v) is 10.9. The molecule has 102 valence electrons. The van der Waals surface area contributed by atoms with Gasteiger partial charge in [0.05, 0.1) is 12.8 Å². The lowest BCUT2D eigenvalue weighted by Crippen LogP contribution is -2.22. The summed E-state index contributed by atoms with van der Waals surface area (Å²) in [4.78, 5) is 11.6. The van der Waals surface area contributed by atoms with Gasteiger partial charge < -0.3 is 20.6 Å². The molecule has 0 aromatic carbocycles. The molecule has 1 heterocycles. The van der Waals surface area contributed by atoms with E-state index in [1.807, 2.05) is 0 Å². The van der Waals surface area contributed by atoms with Crippen LogP contribution in [-0.2, 0) is 11.2 Å². The molecule has 1 aliphatic rings. The van der Waals surface area contributed by atoms with E-state index in [1.165, 1.54) is 7.11 Å². The van der Waals surface area contributed by atoms with Crippen LogP contribution in [0.25, 0.3) is 0 Å². The summed E-state index contributed by atoms with van der Waals surface area (Å²) >= 11 is 0. The highest BCUT2D eigenvalue weighted by Crippen LogP contribution is 2.30. The number of esters is 1. The minimum absolute atomic E-state index is 0.103. The van der Waals surface area contributed by atoms with Gasteiger partial charge in [0.1, 0.15) is 5.76 Å². The van der Waals surface area contributed by atoms with Crippen molar-refractivity contribution >= 4 is 17.6 Å². The summed E-state index contributed by atoms with van der Waals surface area (Å²) in [6, 6.07) is 0. The summed E-state index contributed by atoms with van der Waals surface area (Å²) < 4.78 is 10.2. The maximum absolute atomic E-state index is 11.6. The van der Waals surface area contributed by atoms with Crippen LogP contribution >= 0.6 is 0 Å². The molecule has 0 spiro atoms. The summed E-state index contributed by atoms with van der Waals surface area (Å²) in [6.45, 7) is 1.80. The number of hydrogen-bond acceptors (Lipinski definition) is 5. The maximum Gasteiger partial charge on any atom is 0.374 e. The van der Waals surface area contributed by atoms with Gasteiger partial charge in [0.25, 0.3) is 0 Å². The molecule has 19 heavy (non-hydrogen) atoms. The van der Waals surface area contributed by atoms with Crippen LogP contribution in [0.3, 0.4) is 0 Å². The molecule has 0 saturated carbocycles. The van der Waals surface area contributed by atoms with Crippen molar-refractivity contribution in [2.45, 2.75) is 26.2 Å². The van der Waals surface area contributed by atoms with Crippen LogP contribution < -0.4 is 11.5 Å². The van der Waals surface area contributed by atoms with Crippen molar-refractivity contribution in [3.8, 4) is 0 Å². The monoisotopic (exact) mass is 264 g/mol. The van der Waals surface area contributed by atoms with Crippen LogP contribution in [0.15, 0.2) is 14.6 Å². The van der Waals surface area contributed by atoms with Crippen molar-refractivity contribution in [2.75, 3.05) is 7.11 Å². The highest BCUT2D eigenvalue weighted by Gasteiger charge is 2.28. The van der Waals surface area contributed by atoms with Crippen LogP contribution in [-0.4, -0.2) is 24.8 Å². The third-order valence-electron chi connectivity index (χ3n) is 2.98. The SMILES string of the molecule is COC(=O)c1oc2c(c1C)/C(=N/N=C(N)N)CCC2. The standard InChI is InChI=1S/C12H16N4O3/c1-6-9-7(15-16-12(13)14)4-3-5-8(9)19-10(6)11(17)18-2/h3-5H2,1-2H3,(H4,13,14,16)/b15-7+. The van der Waals surface area contributed by atoms with Gasteiger partial charge in [0, 0.05) is 17.5 Å². The van der Waals surface area contributed by atoms with Crippen LogP contribution in [0.5, 0.6) is 0 Å². The number of fused-ring (bicyclic) bond motifs is 1. The molecule has 1 aromatic heterocycles. The highest BCUT2D eigenvalue weighted by atomic mass is 16.5. The first-order valence-electron chi connectivity index (χ1n) is 5.91. The van der Waals surface area contributed by atoms with Crippen LogP contribution in [0, 0.1) is 6.92 Å². The van der Waals surface area contributed by atoms with Crippen molar-refractivity contribution < 1.29 is 13.9 Å². The molecule has 7 nitrogen and oxygen atoms in total. The number of ether oxygens (including phenoxy) is 1. The van der Waals surface area contributed by atoms with Crippen molar-refractivity contribution in [1.82, 2.24) is 0 Å². The van der Waals surface area contributed by atoms with Gasteiger partial charge in [-0.25, -0.2) is 4.79 Å². The molecular weight excluding hydrogens is 248 g/mol. The lowest BCUT2D eigenvalue weighted by molar-refractivity contribution is 0.0562. The number of nitrogens with zero attached hydrogens (tertiary/aromatic N) is 2. The number of carbonyl (C=O) groups is 1. The summed E-state index contributed by atoms with van der Waals surface area (Å²) in [6.07, 6.45) is 2.37. The summed E-state index contributed by atoms with van der Waals surface area (Å²) in [5.74, 6) is 0.350. The Balaban J connectivity index is 2.50. The topological polar surface area (TPSA) is 116 Å². The van der Waals surface area contributed by atoms with E-state index in [1.54, 1.807) is 6.92 Å². The Hall–Kier alpha value is -2.31. The molecule has 0 bridgehead atoms. The molecule has 1 aliphatic carbocycles. The van der Waals surface area contributed by atoms with E-state index in [0.717, 1.165) is 36.3 Å². The fourth-order valence-electron chi connectivity index (χ4n) is 2.17. The highest BCUT2D eigenvalue weighted by molar-refractivity contribution is 6.05. The third kappa shape index (κ3) is 2.44. The number of hydrogen-bond donors (Lipinski definition) is 2. The van der Waals surface area contributed by atoms with Gasteiger partial charge in [-0.1, -0.05) is 0 Å². The molecular formula is C12H16N4O3. The minimum Gasteiger partial charge on any atom is -0.463 e. The number of methoxy groups -OCH3 is 1. The number of aryl methyl sites for hydroxylation is 1. The van der Waals surface area contributed by atoms with Crippen LogP contribution in [0.4, 0.5) is 0 Å². The lowest BCUT2D eigenvalue weighted by atomic mass is 9.93. The Labute approximate surface area is 110 Å². The summed E-state index contributed by atoms with van der Waals surface area (Å²) in [7, 11) is 1.32. The largest absolute Gasteiger partial charge is 0.463 e. The number of guanidine groups is 1. The second kappa shape index (κ2) is 5.13. The van der Waals surface area contributed by atoms with Gasteiger partial charge in [0.15, 0.2) is 0 Å². The van der Waals surface area contributed by atoms with E-state index >= 15 is 0 Å². The fourth-order valence-corrected chi connectivity index (χ4v) is 2.17. The van der Waals surface area contributed by atoms with Gasteiger partial charge in [-0.15, -0.1) is 5.10 Å². The van der Waals surface area contributed by atoms with Gasteiger partial charge in [0.2, 0.25) is 11.7 Å². The van der Waals surface area contributed by atoms with E-state index in [2.05, 4.69) is 14.9 Å². The fraction of sp³-hybridized carbons (Fsp3) is 0.417. The molecule has 1 aromatic rings. The van der Waals surface area contributed by atoms with Crippen molar-refractivity contribution in [2.24, 2.45) is 21.7 Å². The molecule has 4 N–H and O–H groups in total. The van der Waals surface area contributed by atoms with Gasteiger partial charge in [-0.05, 0) is 19.8 Å². The molecule has 2 rings (SSSR count). The lowest BCUT2D eigenvalue weighted by Gasteiger charge is -2.11. The molecule has 0 radical (unpaired) electrons. The maximum atomic E-state index is 11.6. The molecule has 0 fully saturated rings. The quantitative estimate of drug-likeness (QED) is 0.353. The summed E-state index contributed by atoms with van der Waals surface area (Å²) in [5, 5.41) is 7.69. The minimum atomic E-state index is -0.493. The Morgan fingerprint density at radius 1 is 1.37 bits per heavy atom. The molecule has 0 atom stereocenters. The zero-order valence-electron chi connectivity index (χ0n) is 10.9. The second-order valence-electron chi connectivity index (χ2n) is 4.27. The van der Waals surface area contributed by atoms with E-state index in [0.29, 0.717) is 5.56 Å². The average Bonchev–Trinajstić information content (AvgIpc) is 2.73. The Bertz CT molecular complexity index is 568. The van der Waals surface area contributed by atoms with Crippen molar-refractivity contribution in [1.29, 1.82) is 0 Å². The predicted octanol–water partition coefficient (Wildman–Crippen LogP) is 0.688. The van der Waals surface area contributed by atoms with Crippen molar-refractivity contribution in [3.05, 3.63) is 22.6 Å².